The first kappa shape index (κ1) is 19.7. The van der Waals surface area contributed by atoms with Crippen LogP contribution in [0.3, 0.4) is 0 Å². The Bertz CT molecular complexity index is 659. The zero-order valence-corrected chi connectivity index (χ0v) is 15.1. The van der Waals surface area contributed by atoms with Gasteiger partial charge in [-0.2, -0.15) is 0 Å². The molecule has 0 saturated heterocycles. The Morgan fingerprint density at radius 2 is 1.96 bits per heavy atom. The topological polar surface area (TPSA) is 97.9 Å². The van der Waals surface area contributed by atoms with Gasteiger partial charge in [0.1, 0.15) is 11.5 Å². The van der Waals surface area contributed by atoms with E-state index in [-0.39, 0.29) is 19.1 Å². The highest BCUT2D eigenvalue weighted by Gasteiger charge is 2.21. The van der Waals surface area contributed by atoms with Gasteiger partial charge in [-0.1, -0.05) is 26.2 Å². The Balaban J connectivity index is 1.95. The average molecular weight is 363 g/mol. The largest absolute Gasteiger partial charge is 0.497 e. The second kappa shape index (κ2) is 10.4. The highest BCUT2D eigenvalue weighted by atomic mass is 16.5. The monoisotopic (exact) mass is 363 g/mol. The molecule has 1 heterocycles. The number of hydrogen-bond acceptors (Lipinski definition) is 7. The number of hydroxylamine groups is 2. The van der Waals surface area contributed by atoms with Crippen LogP contribution >= 0.6 is 0 Å². The second-order valence-corrected chi connectivity index (χ2v) is 5.92. The number of carbonyl (C=O) groups is 1. The lowest BCUT2D eigenvalue weighted by Crippen LogP contribution is -2.24. The van der Waals surface area contributed by atoms with Crippen LogP contribution in [0.25, 0.3) is 0 Å². The first-order valence-corrected chi connectivity index (χ1v) is 8.66. The molecule has 0 spiro atoms. The van der Waals surface area contributed by atoms with Crippen LogP contribution in [0.1, 0.15) is 50.3 Å². The molecule has 0 radical (unpaired) electrons. The van der Waals surface area contributed by atoms with Crippen molar-refractivity contribution in [1.82, 2.24) is 15.3 Å². The average Bonchev–Trinajstić information content (AvgIpc) is 3.15. The molecule has 2 rings (SSSR count). The van der Waals surface area contributed by atoms with Gasteiger partial charge in [-0.15, -0.1) is 10.2 Å². The molecule has 0 bridgehead atoms. The molecule has 0 aliphatic carbocycles. The summed E-state index contributed by atoms with van der Waals surface area (Å²) in [6.07, 6.45) is 4.21. The number of hydrogen-bond donors (Lipinski definition) is 1. The van der Waals surface area contributed by atoms with Gasteiger partial charge in [0.25, 0.3) is 5.89 Å². The summed E-state index contributed by atoms with van der Waals surface area (Å²) in [5.41, 5.74) is 0. The van der Waals surface area contributed by atoms with Crippen molar-refractivity contribution in [3.63, 3.8) is 0 Å². The fourth-order valence-electron chi connectivity index (χ4n) is 2.51. The van der Waals surface area contributed by atoms with Gasteiger partial charge in [-0.25, -0.2) is 5.06 Å². The van der Waals surface area contributed by atoms with E-state index < -0.39 is 0 Å². The fourth-order valence-corrected chi connectivity index (χ4v) is 2.51. The molecule has 142 valence electrons. The Morgan fingerprint density at radius 3 is 2.62 bits per heavy atom. The van der Waals surface area contributed by atoms with Crippen molar-refractivity contribution >= 4 is 6.41 Å². The number of methoxy groups -OCH3 is 1. The molecule has 8 heteroatoms. The van der Waals surface area contributed by atoms with Gasteiger partial charge in [0, 0.05) is 0 Å². The maximum atomic E-state index is 10.7. The molecular weight excluding hydrogens is 338 g/mol. The number of nitrogens with zero attached hydrogens (tertiary/aromatic N) is 3. The van der Waals surface area contributed by atoms with Crippen molar-refractivity contribution in [2.45, 2.75) is 45.1 Å². The van der Waals surface area contributed by atoms with E-state index in [2.05, 4.69) is 17.1 Å². The van der Waals surface area contributed by atoms with Gasteiger partial charge in [-0.3, -0.25) is 10.0 Å². The molecule has 0 aliphatic heterocycles. The maximum Gasteiger partial charge on any atom is 0.253 e. The van der Waals surface area contributed by atoms with Crippen molar-refractivity contribution in [3.8, 4) is 11.5 Å². The molecule has 1 aromatic carbocycles. The van der Waals surface area contributed by atoms with E-state index in [9.17, 15) is 10.0 Å². The van der Waals surface area contributed by atoms with Gasteiger partial charge in [0.2, 0.25) is 12.3 Å². The molecule has 1 aromatic heterocycles. The second-order valence-electron chi connectivity index (χ2n) is 5.92. The Kier molecular flexibility index (Phi) is 7.88. The molecule has 0 saturated carbocycles. The summed E-state index contributed by atoms with van der Waals surface area (Å²) in [5, 5.41) is 18.1. The first-order valence-electron chi connectivity index (χ1n) is 8.66. The van der Waals surface area contributed by atoms with E-state index >= 15 is 0 Å². The normalized spacial score (nSPS) is 11.8. The summed E-state index contributed by atoms with van der Waals surface area (Å²) >= 11 is 0. The molecular formula is C18H25N3O5. The molecule has 8 nitrogen and oxygen atoms in total. The molecule has 1 N–H and O–H groups in total. The minimum Gasteiger partial charge on any atom is -0.497 e. The highest BCUT2D eigenvalue weighted by Crippen LogP contribution is 2.23. The van der Waals surface area contributed by atoms with Gasteiger partial charge in [-0.05, 0) is 30.7 Å². The van der Waals surface area contributed by atoms with Gasteiger partial charge < -0.3 is 13.9 Å². The van der Waals surface area contributed by atoms with E-state index in [1.54, 1.807) is 31.4 Å². The van der Waals surface area contributed by atoms with E-state index in [0.717, 1.165) is 31.4 Å². The first-order chi connectivity index (χ1) is 12.7. The number of rotatable bonds is 12. The van der Waals surface area contributed by atoms with Crippen molar-refractivity contribution in [2.75, 3.05) is 13.7 Å². The van der Waals surface area contributed by atoms with Crippen molar-refractivity contribution in [1.29, 1.82) is 0 Å². The molecule has 26 heavy (non-hydrogen) atoms. The molecule has 1 amide bonds. The van der Waals surface area contributed by atoms with Crippen molar-refractivity contribution < 1.29 is 23.9 Å². The number of unbranched alkanes of at least 4 members (excludes halogenated alkanes) is 2. The van der Waals surface area contributed by atoms with Crippen LogP contribution in [0.15, 0.2) is 28.7 Å². The number of aromatic nitrogens is 2. The zero-order valence-electron chi connectivity index (χ0n) is 15.1. The third kappa shape index (κ3) is 6.03. The lowest BCUT2D eigenvalue weighted by atomic mass is 10.0. The Labute approximate surface area is 152 Å². The van der Waals surface area contributed by atoms with Crippen LogP contribution in [0.5, 0.6) is 11.5 Å². The minimum atomic E-state index is -0.209. The molecule has 0 fully saturated rings. The third-order valence-electron chi connectivity index (χ3n) is 3.94. The Hall–Kier alpha value is -2.61. The number of ether oxygens (including phenoxy) is 2. The predicted octanol–water partition coefficient (Wildman–Crippen LogP) is 3.17. The number of amides is 1. The van der Waals surface area contributed by atoms with Crippen molar-refractivity contribution in [2.24, 2.45) is 0 Å². The standard InChI is InChI=1S/C18H25N3O5/c1-3-4-5-6-14(11-21(23)13-22)18-20-19-17(26-18)12-25-16-9-7-15(24-2)8-10-16/h7-10,13-14,23H,3-6,11-12H2,1-2H3. The summed E-state index contributed by atoms with van der Waals surface area (Å²) in [6, 6.07) is 7.18. The zero-order chi connectivity index (χ0) is 18.8. The summed E-state index contributed by atoms with van der Waals surface area (Å²) < 4.78 is 16.4. The van der Waals surface area contributed by atoms with Crippen molar-refractivity contribution in [3.05, 3.63) is 36.0 Å². The summed E-state index contributed by atoms with van der Waals surface area (Å²) in [5.74, 6) is 1.94. The predicted molar refractivity (Wildman–Crippen MR) is 93.1 cm³/mol. The summed E-state index contributed by atoms with van der Waals surface area (Å²) in [7, 11) is 1.60. The fraction of sp³-hybridized carbons (Fsp3) is 0.500. The van der Waals surface area contributed by atoms with E-state index in [4.69, 9.17) is 13.9 Å². The smallest absolute Gasteiger partial charge is 0.253 e. The highest BCUT2D eigenvalue weighted by molar-refractivity contribution is 5.44. The number of carbonyl (C=O) groups excluding carboxylic acids is 1. The van der Waals surface area contributed by atoms with E-state index in [0.29, 0.717) is 29.0 Å². The van der Waals surface area contributed by atoms with E-state index in [1.807, 2.05) is 0 Å². The summed E-state index contributed by atoms with van der Waals surface area (Å²) in [4.78, 5) is 10.7. The van der Waals surface area contributed by atoms with Gasteiger partial charge >= 0.3 is 0 Å². The summed E-state index contributed by atoms with van der Waals surface area (Å²) in [6.45, 7) is 2.37. The molecule has 2 aromatic rings. The van der Waals surface area contributed by atoms with Gasteiger partial charge in [0.15, 0.2) is 6.61 Å². The molecule has 1 unspecified atom stereocenters. The van der Waals surface area contributed by atoms with Crippen LogP contribution in [-0.2, 0) is 11.4 Å². The van der Waals surface area contributed by atoms with Crippen LogP contribution in [0.2, 0.25) is 0 Å². The molecule has 1 atom stereocenters. The lowest BCUT2D eigenvalue weighted by Gasteiger charge is -2.16. The van der Waals surface area contributed by atoms with E-state index in [1.165, 1.54) is 0 Å². The maximum absolute atomic E-state index is 10.7. The van der Waals surface area contributed by atoms with Crippen LogP contribution in [0.4, 0.5) is 0 Å². The SMILES string of the molecule is CCCCCC(CN(O)C=O)c1nnc(COc2ccc(OC)cc2)o1. The minimum absolute atomic E-state index is 0.119. The van der Waals surface area contributed by atoms with Crippen LogP contribution < -0.4 is 9.47 Å². The lowest BCUT2D eigenvalue weighted by molar-refractivity contribution is -0.151. The third-order valence-corrected chi connectivity index (χ3v) is 3.94. The van der Waals surface area contributed by atoms with Gasteiger partial charge in [0.05, 0.1) is 19.6 Å². The van der Waals surface area contributed by atoms with Crippen LogP contribution in [-0.4, -0.2) is 40.5 Å². The van der Waals surface area contributed by atoms with Crippen LogP contribution in [0, 0.1) is 0 Å². The molecule has 0 aliphatic rings. The Morgan fingerprint density at radius 1 is 1.23 bits per heavy atom. The number of benzene rings is 1. The quantitative estimate of drug-likeness (QED) is 0.268.